The molecule has 2 aromatic carbocycles. The number of fused-ring (bicyclic) bond motifs is 1. The maximum absolute atomic E-state index is 12.4. The van der Waals surface area contributed by atoms with Crippen molar-refractivity contribution in [3.63, 3.8) is 0 Å². The van der Waals surface area contributed by atoms with Crippen molar-refractivity contribution in [1.82, 2.24) is 15.5 Å². The van der Waals surface area contributed by atoms with Crippen molar-refractivity contribution in [2.45, 2.75) is 25.4 Å². The summed E-state index contributed by atoms with van der Waals surface area (Å²) in [6.45, 7) is 3.17. The summed E-state index contributed by atoms with van der Waals surface area (Å²) in [6, 6.07) is 14.1. The Bertz CT molecular complexity index is 793. The number of nitrogens with one attached hydrogen (secondary N) is 2. The highest BCUT2D eigenvalue weighted by Crippen LogP contribution is 2.19. The highest BCUT2D eigenvalue weighted by molar-refractivity contribution is 5.89. The summed E-state index contributed by atoms with van der Waals surface area (Å²) in [5.74, 6) is -0.175. The Labute approximate surface area is 159 Å². The molecule has 0 saturated carbocycles. The monoisotopic (exact) mass is 369 g/mol. The van der Waals surface area contributed by atoms with Crippen LogP contribution in [0.15, 0.2) is 42.5 Å². The lowest BCUT2D eigenvalue weighted by atomic mass is 10.0. The lowest BCUT2D eigenvalue weighted by Crippen LogP contribution is -2.56. The second kappa shape index (κ2) is 9.48. The first kappa shape index (κ1) is 19.3. The van der Waals surface area contributed by atoms with Crippen molar-refractivity contribution >= 4 is 22.6 Å². The van der Waals surface area contributed by atoms with Crippen LogP contribution in [0.4, 0.5) is 0 Å². The molecular weight excluding hydrogens is 342 g/mol. The van der Waals surface area contributed by atoms with Gasteiger partial charge in [0, 0.05) is 39.9 Å². The molecule has 27 heavy (non-hydrogen) atoms. The summed E-state index contributed by atoms with van der Waals surface area (Å²) in [6.07, 6.45) is 0.937. The Morgan fingerprint density at radius 1 is 1.26 bits per heavy atom. The first-order valence-electron chi connectivity index (χ1n) is 9.42. The van der Waals surface area contributed by atoms with Crippen molar-refractivity contribution in [1.29, 1.82) is 0 Å². The fraction of sp³-hybridized carbons (Fsp3) is 0.429. The molecule has 6 heteroatoms. The van der Waals surface area contributed by atoms with Gasteiger partial charge in [0.1, 0.15) is 0 Å². The summed E-state index contributed by atoms with van der Waals surface area (Å²) < 4.78 is 4.98. The van der Waals surface area contributed by atoms with Gasteiger partial charge in [-0.25, -0.2) is 0 Å². The van der Waals surface area contributed by atoms with Crippen molar-refractivity contribution in [3.05, 3.63) is 48.0 Å². The van der Waals surface area contributed by atoms with E-state index in [1.165, 1.54) is 10.8 Å². The highest BCUT2D eigenvalue weighted by Gasteiger charge is 2.31. The summed E-state index contributed by atoms with van der Waals surface area (Å²) in [5, 5.41) is 8.13. The number of hydrogen-bond acceptors (Lipinski definition) is 4. The molecule has 0 aromatic heterocycles. The first-order chi connectivity index (χ1) is 13.2. The largest absolute Gasteiger partial charge is 0.385 e. The molecule has 6 nitrogen and oxygen atoms in total. The Morgan fingerprint density at radius 3 is 2.89 bits per heavy atom. The molecule has 1 heterocycles. The van der Waals surface area contributed by atoms with Crippen LogP contribution >= 0.6 is 0 Å². The van der Waals surface area contributed by atoms with E-state index in [4.69, 9.17) is 4.74 Å². The van der Waals surface area contributed by atoms with Crippen molar-refractivity contribution in [2.24, 2.45) is 0 Å². The molecule has 3 rings (SSSR count). The zero-order chi connectivity index (χ0) is 19.1. The quantitative estimate of drug-likeness (QED) is 0.695. The van der Waals surface area contributed by atoms with E-state index in [0.717, 1.165) is 18.5 Å². The predicted octanol–water partition coefficient (Wildman–Crippen LogP) is 1.68. The van der Waals surface area contributed by atoms with Crippen LogP contribution in [0.2, 0.25) is 0 Å². The molecule has 2 aromatic rings. The van der Waals surface area contributed by atoms with Gasteiger partial charge in [0.25, 0.3) is 0 Å². The van der Waals surface area contributed by atoms with E-state index in [1.807, 2.05) is 12.1 Å². The van der Waals surface area contributed by atoms with Gasteiger partial charge in [-0.2, -0.15) is 0 Å². The standard InChI is InChI=1S/C21H27N3O3/c1-27-12-4-9-22-20(25)14-19-21(26)23-10-11-24(19)15-16-7-8-17-5-2-3-6-18(17)13-16/h2-3,5-8,13,19H,4,9-12,14-15H2,1H3,(H,22,25)(H,23,26)/t19-/m1/s1. The van der Waals surface area contributed by atoms with Gasteiger partial charge in [0.05, 0.1) is 12.5 Å². The molecule has 144 valence electrons. The minimum atomic E-state index is -0.437. The maximum atomic E-state index is 12.4. The first-order valence-corrected chi connectivity index (χ1v) is 9.42. The smallest absolute Gasteiger partial charge is 0.237 e. The highest BCUT2D eigenvalue weighted by atomic mass is 16.5. The van der Waals surface area contributed by atoms with Gasteiger partial charge < -0.3 is 15.4 Å². The lowest BCUT2D eigenvalue weighted by Gasteiger charge is -2.34. The number of nitrogens with zero attached hydrogens (tertiary/aromatic N) is 1. The minimum Gasteiger partial charge on any atom is -0.385 e. The minimum absolute atomic E-state index is 0.0749. The SMILES string of the molecule is COCCCNC(=O)C[C@@H]1C(=O)NCCN1Cc1ccc2ccccc2c1. The average molecular weight is 369 g/mol. The average Bonchev–Trinajstić information content (AvgIpc) is 2.68. The van der Waals surface area contributed by atoms with Gasteiger partial charge in [-0.15, -0.1) is 0 Å². The molecule has 1 fully saturated rings. The Balaban J connectivity index is 1.64. The van der Waals surface area contributed by atoms with Crippen LogP contribution < -0.4 is 10.6 Å². The number of piperazine rings is 1. The van der Waals surface area contributed by atoms with E-state index in [9.17, 15) is 9.59 Å². The van der Waals surface area contributed by atoms with E-state index < -0.39 is 6.04 Å². The predicted molar refractivity (Wildman–Crippen MR) is 105 cm³/mol. The molecule has 0 bridgehead atoms. The van der Waals surface area contributed by atoms with Crippen LogP contribution in [0.5, 0.6) is 0 Å². The van der Waals surface area contributed by atoms with Crippen LogP contribution in [0.25, 0.3) is 10.8 Å². The fourth-order valence-corrected chi connectivity index (χ4v) is 3.44. The van der Waals surface area contributed by atoms with Gasteiger partial charge in [0.2, 0.25) is 11.8 Å². The third kappa shape index (κ3) is 5.28. The molecule has 2 amide bonds. The van der Waals surface area contributed by atoms with Crippen molar-refractivity contribution in [2.75, 3.05) is 33.4 Å². The third-order valence-corrected chi connectivity index (χ3v) is 4.87. The number of benzene rings is 2. The Kier molecular flexibility index (Phi) is 6.79. The van der Waals surface area contributed by atoms with E-state index in [1.54, 1.807) is 7.11 Å². The molecular formula is C21H27N3O3. The van der Waals surface area contributed by atoms with Gasteiger partial charge >= 0.3 is 0 Å². The fourth-order valence-electron chi connectivity index (χ4n) is 3.44. The maximum Gasteiger partial charge on any atom is 0.237 e. The van der Waals surface area contributed by atoms with E-state index in [0.29, 0.717) is 26.2 Å². The molecule has 1 aliphatic heterocycles. The molecule has 2 N–H and O–H groups in total. The number of carbonyl (C=O) groups is 2. The van der Waals surface area contributed by atoms with Gasteiger partial charge in [-0.05, 0) is 28.8 Å². The van der Waals surface area contributed by atoms with E-state index in [-0.39, 0.29) is 18.2 Å². The Hall–Kier alpha value is -2.44. The van der Waals surface area contributed by atoms with Crippen molar-refractivity contribution < 1.29 is 14.3 Å². The zero-order valence-corrected chi connectivity index (χ0v) is 15.7. The number of rotatable bonds is 8. The number of hydrogen-bond donors (Lipinski definition) is 2. The summed E-state index contributed by atoms with van der Waals surface area (Å²) in [4.78, 5) is 26.7. The number of ether oxygens (including phenoxy) is 1. The normalized spacial score (nSPS) is 17.7. The molecule has 1 saturated heterocycles. The number of amides is 2. The summed E-state index contributed by atoms with van der Waals surface area (Å²) in [5.41, 5.74) is 1.15. The molecule has 1 atom stereocenters. The molecule has 1 aliphatic rings. The van der Waals surface area contributed by atoms with Crippen molar-refractivity contribution in [3.8, 4) is 0 Å². The second-order valence-corrected chi connectivity index (χ2v) is 6.86. The van der Waals surface area contributed by atoms with Crippen LogP contribution in [-0.4, -0.2) is 56.1 Å². The third-order valence-electron chi connectivity index (χ3n) is 4.87. The van der Waals surface area contributed by atoms with E-state index in [2.05, 4.69) is 45.9 Å². The van der Waals surface area contributed by atoms with Gasteiger partial charge in [-0.3, -0.25) is 14.5 Å². The number of carbonyl (C=O) groups excluding carboxylic acids is 2. The zero-order valence-electron chi connectivity index (χ0n) is 15.7. The van der Waals surface area contributed by atoms with Gasteiger partial charge in [0.15, 0.2) is 0 Å². The summed E-state index contributed by atoms with van der Waals surface area (Å²) in [7, 11) is 1.64. The van der Waals surface area contributed by atoms with E-state index >= 15 is 0 Å². The second-order valence-electron chi connectivity index (χ2n) is 6.86. The van der Waals surface area contributed by atoms with Gasteiger partial charge in [-0.1, -0.05) is 36.4 Å². The molecule has 0 aliphatic carbocycles. The van der Waals surface area contributed by atoms with Crippen LogP contribution in [0.3, 0.4) is 0 Å². The molecule has 0 unspecified atom stereocenters. The summed E-state index contributed by atoms with van der Waals surface area (Å²) >= 11 is 0. The Morgan fingerprint density at radius 2 is 2.07 bits per heavy atom. The topological polar surface area (TPSA) is 70.7 Å². The van der Waals surface area contributed by atoms with Crippen LogP contribution in [0, 0.1) is 0 Å². The van der Waals surface area contributed by atoms with Crippen LogP contribution in [0.1, 0.15) is 18.4 Å². The van der Waals surface area contributed by atoms with Crippen LogP contribution in [-0.2, 0) is 20.9 Å². The number of methoxy groups -OCH3 is 1. The molecule has 0 spiro atoms. The lowest BCUT2D eigenvalue weighted by molar-refractivity contribution is -0.134. The molecule has 0 radical (unpaired) electrons.